The molecule has 0 aliphatic rings. The van der Waals surface area contributed by atoms with Crippen molar-refractivity contribution >= 4 is 40.2 Å². The molecule has 0 radical (unpaired) electrons. The third-order valence-corrected chi connectivity index (χ3v) is 4.44. The lowest BCUT2D eigenvalue weighted by atomic mass is 10.2. The van der Waals surface area contributed by atoms with Crippen molar-refractivity contribution in [1.82, 2.24) is 9.13 Å². The lowest BCUT2D eigenvalue weighted by molar-refractivity contribution is 0.0474. The molecule has 0 saturated heterocycles. The monoisotopic (exact) mass is 471 g/mol. The third-order valence-electron chi connectivity index (χ3n) is 3.72. The Bertz CT molecular complexity index is 960. The summed E-state index contributed by atoms with van der Waals surface area (Å²) in [5.41, 5.74) is 4.39. The molecule has 0 unspecified atom stereocenters. The second-order valence-corrected chi connectivity index (χ2v) is 6.81. The van der Waals surface area contributed by atoms with Gasteiger partial charge in [0.25, 0.3) is 5.56 Å². The van der Waals surface area contributed by atoms with Gasteiger partial charge >= 0.3 is 11.7 Å². The van der Waals surface area contributed by atoms with Crippen LogP contribution < -0.4 is 17.0 Å². The number of nitrogens with two attached hydrogens (primary N) is 1. The van der Waals surface area contributed by atoms with Crippen molar-refractivity contribution in [3.63, 3.8) is 0 Å². The maximum Gasteiger partial charge on any atom is 0.338 e. The van der Waals surface area contributed by atoms with Gasteiger partial charge in [0, 0.05) is 17.2 Å². The summed E-state index contributed by atoms with van der Waals surface area (Å²) in [4.78, 5) is 48.8. The zero-order chi connectivity index (χ0) is 19.4. The van der Waals surface area contributed by atoms with Gasteiger partial charge < -0.3 is 10.5 Å². The molecule has 138 valence electrons. The fourth-order valence-electron chi connectivity index (χ4n) is 2.36. The summed E-state index contributed by atoms with van der Waals surface area (Å²) in [5, 5.41) is 0. The molecule has 0 spiro atoms. The minimum Gasteiger partial charge on any atom is -0.454 e. The predicted octanol–water partition coefficient (Wildman–Crippen LogP) is 1.18. The van der Waals surface area contributed by atoms with E-state index in [-0.39, 0.29) is 23.5 Å². The van der Waals surface area contributed by atoms with Crippen LogP contribution in [-0.4, -0.2) is 27.5 Å². The Balaban J connectivity index is 2.27. The largest absolute Gasteiger partial charge is 0.454 e. The van der Waals surface area contributed by atoms with Gasteiger partial charge in [0.2, 0.25) is 5.78 Å². The van der Waals surface area contributed by atoms with Gasteiger partial charge in [-0.1, -0.05) is 6.92 Å². The lowest BCUT2D eigenvalue weighted by Gasteiger charge is -2.13. The minimum absolute atomic E-state index is 0.213. The molecule has 9 heteroatoms. The zero-order valence-corrected chi connectivity index (χ0v) is 16.5. The Hall–Kier alpha value is -2.43. The number of halogens is 1. The van der Waals surface area contributed by atoms with Gasteiger partial charge in [-0.3, -0.25) is 18.7 Å². The maximum atomic E-state index is 12.4. The highest BCUT2D eigenvalue weighted by Gasteiger charge is 2.22. The average Bonchev–Trinajstić information content (AvgIpc) is 2.62. The summed E-state index contributed by atoms with van der Waals surface area (Å²) in [6.07, 6.45) is 0.595. The van der Waals surface area contributed by atoms with E-state index in [0.29, 0.717) is 6.42 Å². The van der Waals surface area contributed by atoms with Gasteiger partial charge in [-0.25, -0.2) is 9.59 Å². The molecular formula is C17H18IN3O5. The molecular weight excluding hydrogens is 453 g/mol. The van der Waals surface area contributed by atoms with Gasteiger partial charge in [0.1, 0.15) is 11.4 Å². The summed E-state index contributed by atoms with van der Waals surface area (Å²) in [5.74, 6) is -1.66. The molecule has 1 aromatic heterocycles. The SMILES string of the molecule is CCCn1c(N)c(C(=O)COC(=O)c2ccc(I)cc2)c(=O)n(C)c1=O. The fourth-order valence-corrected chi connectivity index (χ4v) is 2.72. The van der Waals surface area contributed by atoms with E-state index in [4.69, 9.17) is 10.5 Å². The fraction of sp³-hybridized carbons (Fsp3) is 0.294. The number of benzene rings is 1. The van der Waals surface area contributed by atoms with Crippen LogP contribution in [0, 0.1) is 3.57 Å². The van der Waals surface area contributed by atoms with Crippen molar-refractivity contribution in [3.05, 3.63) is 59.8 Å². The van der Waals surface area contributed by atoms with Gasteiger partial charge in [0.05, 0.1) is 5.56 Å². The van der Waals surface area contributed by atoms with Crippen LogP contribution in [0.3, 0.4) is 0 Å². The third kappa shape index (κ3) is 4.03. The van der Waals surface area contributed by atoms with Crippen LogP contribution in [0.2, 0.25) is 0 Å². The Morgan fingerprint density at radius 1 is 1.19 bits per heavy atom. The number of nitrogens with zero attached hydrogens (tertiary/aromatic N) is 2. The standard InChI is InChI=1S/C17H18IN3O5/c1-3-8-21-14(19)13(15(23)20(2)17(21)25)12(22)9-26-16(24)10-4-6-11(18)7-5-10/h4-7H,3,8-9,19H2,1-2H3. The van der Waals surface area contributed by atoms with Crippen molar-refractivity contribution in [3.8, 4) is 0 Å². The second kappa shape index (κ2) is 8.30. The zero-order valence-electron chi connectivity index (χ0n) is 14.3. The molecule has 2 rings (SSSR count). The Morgan fingerprint density at radius 3 is 2.38 bits per heavy atom. The van der Waals surface area contributed by atoms with E-state index < -0.39 is 29.6 Å². The molecule has 0 aliphatic heterocycles. The van der Waals surface area contributed by atoms with Crippen LogP contribution in [0.5, 0.6) is 0 Å². The molecule has 26 heavy (non-hydrogen) atoms. The number of hydrogen-bond donors (Lipinski definition) is 1. The van der Waals surface area contributed by atoms with Gasteiger partial charge in [-0.2, -0.15) is 0 Å². The summed E-state index contributed by atoms with van der Waals surface area (Å²) < 4.78 is 7.91. The molecule has 1 aromatic carbocycles. The maximum absolute atomic E-state index is 12.4. The van der Waals surface area contributed by atoms with Crippen molar-refractivity contribution in [1.29, 1.82) is 0 Å². The summed E-state index contributed by atoms with van der Waals surface area (Å²) in [6.45, 7) is 1.46. The average molecular weight is 471 g/mol. The Kier molecular flexibility index (Phi) is 6.35. The molecule has 1 heterocycles. The number of carbonyl (C=O) groups excluding carboxylic acids is 2. The van der Waals surface area contributed by atoms with Gasteiger partial charge in [-0.15, -0.1) is 0 Å². The highest BCUT2D eigenvalue weighted by Crippen LogP contribution is 2.10. The Morgan fingerprint density at radius 2 is 1.81 bits per heavy atom. The molecule has 0 atom stereocenters. The summed E-state index contributed by atoms with van der Waals surface area (Å²) in [6, 6.07) is 6.60. The smallest absolute Gasteiger partial charge is 0.338 e. The van der Waals surface area contributed by atoms with Crippen molar-refractivity contribution in [2.45, 2.75) is 19.9 Å². The first-order valence-electron chi connectivity index (χ1n) is 7.83. The number of aromatic nitrogens is 2. The van der Waals surface area contributed by atoms with E-state index in [2.05, 4.69) is 22.6 Å². The second-order valence-electron chi connectivity index (χ2n) is 5.56. The molecule has 2 aromatic rings. The van der Waals surface area contributed by atoms with Crippen molar-refractivity contribution in [2.75, 3.05) is 12.3 Å². The molecule has 0 bridgehead atoms. The molecule has 2 N–H and O–H groups in total. The minimum atomic E-state index is -0.810. The number of carbonyl (C=O) groups is 2. The summed E-state index contributed by atoms with van der Waals surface area (Å²) in [7, 11) is 1.27. The normalized spacial score (nSPS) is 10.6. The highest BCUT2D eigenvalue weighted by atomic mass is 127. The number of esters is 1. The number of Topliss-reactive ketones (excluding diaryl/α,β-unsaturated/α-hetero) is 1. The number of ketones is 1. The number of nitrogen functional groups attached to an aromatic ring is 1. The van der Waals surface area contributed by atoms with Crippen LogP contribution in [0.25, 0.3) is 0 Å². The van der Waals surface area contributed by atoms with Gasteiger partial charge in [0.15, 0.2) is 6.61 Å². The first-order valence-corrected chi connectivity index (χ1v) is 8.91. The molecule has 0 saturated carbocycles. The van der Waals surface area contributed by atoms with Crippen LogP contribution in [0.15, 0.2) is 33.9 Å². The van der Waals surface area contributed by atoms with Crippen molar-refractivity contribution in [2.24, 2.45) is 7.05 Å². The topological polar surface area (TPSA) is 113 Å². The number of hydrogen-bond acceptors (Lipinski definition) is 6. The van der Waals surface area contributed by atoms with Crippen LogP contribution in [-0.2, 0) is 18.3 Å². The van der Waals surface area contributed by atoms with Crippen LogP contribution in [0.4, 0.5) is 5.82 Å². The summed E-state index contributed by atoms with van der Waals surface area (Å²) >= 11 is 2.10. The van der Waals surface area contributed by atoms with E-state index >= 15 is 0 Å². The van der Waals surface area contributed by atoms with E-state index in [9.17, 15) is 19.2 Å². The van der Waals surface area contributed by atoms with Crippen molar-refractivity contribution < 1.29 is 14.3 Å². The predicted molar refractivity (Wildman–Crippen MR) is 104 cm³/mol. The number of anilines is 1. The van der Waals surface area contributed by atoms with Crippen LogP contribution in [0.1, 0.15) is 34.1 Å². The van der Waals surface area contributed by atoms with E-state index in [1.165, 1.54) is 7.05 Å². The molecule has 8 nitrogen and oxygen atoms in total. The highest BCUT2D eigenvalue weighted by molar-refractivity contribution is 14.1. The first kappa shape index (κ1) is 19.9. The number of ether oxygens (including phenoxy) is 1. The van der Waals surface area contributed by atoms with E-state index in [1.807, 2.05) is 6.92 Å². The first-order chi connectivity index (χ1) is 12.3. The molecule has 0 aliphatic carbocycles. The lowest BCUT2D eigenvalue weighted by Crippen LogP contribution is -2.43. The van der Waals surface area contributed by atoms with Crippen LogP contribution >= 0.6 is 22.6 Å². The molecule has 0 fully saturated rings. The quantitative estimate of drug-likeness (QED) is 0.385. The van der Waals surface area contributed by atoms with E-state index in [0.717, 1.165) is 12.7 Å². The molecule has 0 amide bonds. The van der Waals surface area contributed by atoms with E-state index in [1.54, 1.807) is 24.3 Å². The Labute approximate surface area is 162 Å². The number of rotatable bonds is 6. The van der Waals surface area contributed by atoms with Gasteiger partial charge in [-0.05, 0) is 53.3 Å².